The third-order valence-corrected chi connectivity index (χ3v) is 4.04. The molecule has 6 heteroatoms. The lowest BCUT2D eigenvalue weighted by molar-refractivity contribution is -0.142. The molecule has 1 N–H and O–H groups in total. The van der Waals surface area contributed by atoms with Gasteiger partial charge in [-0.3, -0.25) is 14.4 Å². The fraction of sp³-hybridized carbons (Fsp3) is 0.786. The number of carboxylic acid groups (broad SMARTS) is 1. The third kappa shape index (κ3) is 3.11. The van der Waals surface area contributed by atoms with E-state index in [1.165, 1.54) is 0 Å². The molecule has 1 saturated carbocycles. The molecule has 1 aliphatic heterocycles. The summed E-state index contributed by atoms with van der Waals surface area (Å²) in [7, 11) is 0. The first-order valence-corrected chi connectivity index (χ1v) is 7.22. The van der Waals surface area contributed by atoms with E-state index in [0.29, 0.717) is 32.6 Å². The van der Waals surface area contributed by atoms with E-state index in [1.807, 2.05) is 13.8 Å². The number of rotatable bonds is 3. The monoisotopic (exact) mass is 282 g/mol. The fourth-order valence-corrected chi connectivity index (χ4v) is 2.70. The molecule has 1 saturated heterocycles. The molecule has 1 aliphatic carbocycles. The Kier molecular flexibility index (Phi) is 4.30. The van der Waals surface area contributed by atoms with E-state index in [-0.39, 0.29) is 23.7 Å². The normalized spacial score (nSPS) is 26.4. The van der Waals surface area contributed by atoms with Gasteiger partial charge in [0.05, 0.1) is 11.8 Å². The maximum absolute atomic E-state index is 12.2. The molecule has 2 amide bonds. The Labute approximate surface area is 118 Å². The molecule has 0 bridgehead atoms. The van der Waals surface area contributed by atoms with Gasteiger partial charge in [-0.1, -0.05) is 13.8 Å². The number of carbonyl (C=O) groups excluding carboxylic acids is 2. The highest BCUT2D eigenvalue weighted by molar-refractivity contribution is 5.89. The van der Waals surface area contributed by atoms with E-state index < -0.39 is 11.9 Å². The number of carboxylic acids is 1. The predicted molar refractivity (Wildman–Crippen MR) is 71.8 cm³/mol. The Morgan fingerprint density at radius 1 is 1.00 bits per heavy atom. The summed E-state index contributed by atoms with van der Waals surface area (Å²) in [5.41, 5.74) is 0. The van der Waals surface area contributed by atoms with Crippen LogP contribution in [0.2, 0.25) is 0 Å². The van der Waals surface area contributed by atoms with Crippen LogP contribution in [0.15, 0.2) is 0 Å². The fourth-order valence-electron chi connectivity index (χ4n) is 2.70. The van der Waals surface area contributed by atoms with Crippen molar-refractivity contribution < 1.29 is 19.5 Å². The summed E-state index contributed by atoms with van der Waals surface area (Å²) < 4.78 is 0. The van der Waals surface area contributed by atoms with Crippen molar-refractivity contribution >= 4 is 17.8 Å². The van der Waals surface area contributed by atoms with Gasteiger partial charge in [-0.15, -0.1) is 0 Å². The quantitative estimate of drug-likeness (QED) is 0.814. The van der Waals surface area contributed by atoms with Crippen LogP contribution < -0.4 is 0 Å². The molecule has 0 aromatic carbocycles. The number of hydrogen-bond donors (Lipinski definition) is 1. The minimum atomic E-state index is -0.880. The number of carbonyl (C=O) groups is 3. The average molecular weight is 282 g/mol. The molecule has 2 fully saturated rings. The highest BCUT2D eigenvalue weighted by Gasteiger charge is 2.49. The predicted octanol–water partition coefficient (Wildman–Crippen LogP) is 0.424. The standard InChI is InChI=1S/C14H22N2O4/c1-9(2)12(17)15-4-3-5-16(7-6-15)13(18)10-8-11(10)14(19)20/h9-11H,3-8H2,1-2H3,(H,19,20). The lowest BCUT2D eigenvalue weighted by Crippen LogP contribution is -2.39. The van der Waals surface area contributed by atoms with E-state index in [0.717, 1.165) is 6.42 Å². The number of hydrogen-bond acceptors (Lipinski definition) is 3. The van der Waals surface area contributed by atoms with Crippen LogP contribution in [0.25, 0.3) is 0 Å². The minimum absolute atomic E-state index is 0.0305. The zero-order valence-electron chi connectivity index (χ0n) is 12.0. The first-order chi connectivity index (χ1) is 9.41. The van der Waals surface area contributed by atoms with Crippen molar-refractivity contribution in [1.82, 2.24) is 9.80 Å². The lowest BCUT2D eigenvalue weighted by Gasteiger charge is -2.23. The smallest absolute Gasteiger partial charge is 0.307 e. The Balaban J connectivity index is 1.89. The van der Waals surface area contributed by atoms with Crippen LogP contribution in [0.5, 0.6) is 0 Å². The van der Waals surface area contributed by atoms with Gasteiger partial charge in [0.15, 0.2) is 0 Å². The van der Waals surface area contributed by atoms with Gasteiger partial charge >= 0.3 is 5.97 Å². The molecule has 0 aromatic heterocycles. The third-order valence-electron chi connectivity index (χ3n) is 4.04. The van der Waals surface area contributed by atoms with Gasteiger partial charge in [-0.05, 0) is 12.8 Å². The van der Waals surface area contributed by atoms with E-state index >= 15 is 0 Å². The molecular weight excluding hydrogens is 260 g/mol. The number of amides is 2. The first-order valence-electron chi connectivity index (χ1n) is 7.22. The summed E-state index contributed by atoms with van der Waals surface area (Å²) in [5, 5.41) is 8.88. The molecule has 2 unspecified atom stereocenters. The second kappa shape index (κ2) is 5.81. The molecule has 2 aliphatic rings. The van der Waals surface area contributed by atoms with Crippen molar-refractivity contribution in [3.05, 3.63) is 0 Å². The van der Waals surface area contributed by atoms with Crippen LogP contribution >= 0.6 is 0 Å². The first kappa shape index (κ1) is 14.8. The lowest BCUT2D eigenvalue weighted by atomic mass is 10.2. The molecule has 1 heterocycles. The van der Waals surface area contributed by atoms with Crippen LogP contribution in [-0.4, -0.2) is 58.9 Å². The zero-order valence-corrected chi connectivity index (χ0v) is 12.0. The van der Waals surface area contributed by atoms with Crippen LogP contribution in [0.1, 0.15) is 26.7 Å². The van der Waals surface area contributed by atoms with Gasteiger partial charge in [0.1, 0.15) is 0 Å². The van der Waals surface area contributed by atoms with Gasteiger partial charge < -0.3 is 14.9 Å². The summed E-state index contributed by atoms with van der Waals surface area (Å²) in [6.07, 6.45) is 1.22. The molecule has 112 valence electrons. The van der Waals surface area contributed by atoms with E-state index in [4.69, 9.17) is 5.11 Å². The Hall–Kier alpha value is -1.59. The average Bonchev–Trinajstić information content (AvgIpc) is 3.20. The molecule has 2 rings (SSSR count). The molecule has 0 spiro atoms. The van der Waals surface area contributed by atoms with Gasteiger partial charge in [-0.2, -0.15) is 0 Å². The highest BCUT2D eigenvalue weighted by atomic mass is 16.4. The summed E-state index contributed by atoms with van der Waals surface area (Å²) in [6, 6.07) is 0. The van der Waals surface area contributed by atoms with Crippen LogP contribution in [0.3, 0.4) is 0 Å². The Morgan fingerprint density at radius 2 is 1.60 bits per heavy atom. The van der Waals surface area contributed by atoms with Gasteiger partial charge in [-0.25, -0.2) is 0 Å². The van der Waals surface area contributed by atoms with Gasteiger partial charge in [0, 0.05) is 32.1 Å². The van der Waals surface area contributed by atoms with Crippen molar-refractivity contribution in [3.8, 4) is 0 Å². The highest BCUT2D eigenvalue weighted by Crippen LogP contribution is 2.40. The molecule has 0 radical (unpaired) electrons. The molecule has 20 heavy (non-hydrogen) atoms. The number of aliphatic carboxylic acids is 1. The maximum Gasteiger partial charge on any atom is 0.307 e. The van der Waals surface area contributed by atoms with Crippen LogP contribution in [0.4, 0.5) is 0 Å². The Morgan fingerprint density at radius 3 is 2.15 bits per heavy atom. The van der Waals surface area contributed by atoms with Crippen molar-refractivity contribution in [2.45, 2.75) is 26.7 Å². The summed E-state index contributed by atoms with van der Waals surface area (Å²) >= 11 is 0. The summed E-state index contributed by atoms with van der Waals surface area (Å²) in [6.45, 7) is 6.10. The van der Waals surface area contributed by atoms with Crippen molar-refractivity contribution in [1.29, 1.82) is 0 Å². The maximum atomic E-state index is 12.2. The molecule has 2 atom stereocenters. The SMILES string of the molecule is CC(C)C(=O)N1CCCN(C(=O)C2CC2C(=O)O)CC1. The summed E-state index contributed by atoms with van der Waals surface area (Å²) in [5.74, 6) is -1.70. The van der Waals surface area contributed by atoms with Gasteiger partial charge in [0.2, 0.25) is 11.8 Å². The van der Waals surface area contributed by atoms with E-state index in [1.54, 1.807) is 9.80 Å². The zero-order chi connectivity index (χ0) is 14.9. The Bertz CT molecular complexity index is 421. The number of nitrogens with zero attached hydrogens (tertiary/aromatic N) is 2. The van der Waals surface area contributed by atoms with Crippen LogP contribution in [0, 0.1) is 17.8 Å². The second-order valence-electron chi connectivity index (χ2n) is 5.95. The summed E-state index contributed by atoms with van der Waals surface area (Å²) in [4.78, 5) is 38.5. The molecule has 0 aromatic rings. The van der Waals surface area contributed by atoms with Crippen molar-refractivity contribution in [2.75, 3.05) is 26.2 Å². The van der Waals surface area contributed by atoms with E-state index in [9.17, 15) is 14.4 Å². The van der Waals surface area contributed by atoms with Crippen molar-refractivity contribution in [2.24, 2.45) is 17.8 Å². The minimum Gasteiger partial charge on any atom is -0.481 e. The van der Waals surface area contributed by atoms with Crippen molar-refractivity contribution in [3.63, 3.8) is 0 Å². The largest absolute Gasteiger partial charge is 0.481 e. The van der Waals surface area contributed by atoms with E-state index in [2.05, 4.69) is 0 Å². The molecule has 6 nitrogen and oxygen atoms in total. The van der Waals surface area contributed by atoms with Gasteiger partial charge in [0.25, 0.3) is 0 Å². The topological polar surface area (TPSA) is 77.9 Å². The second-order valence-corrected chi connectivity index (χ2v) is 5.95. The molecular formula is C14H22N2O4. The van der Waals surface area contributed by atoms with Crippen LogP contribution in [-0.2, 0) is 14.4 Å².